The van der Waals surface area contributed by atoms with Gasteiger partial charge in [0.2, 0.25) is 0 Å². The molecule has 0 aromatic heterocycles. The molecule has 0 atom stereocenters. The molecule has 0 aliphatic carbocycles. The standard InChI is InChI=1S/C17H16N2O2/c1-2-21-13-9-7-12(8-10-13)18-11-15-14-5-3-4-6-16(14)19-17(15)20/h3-11,18H,2H2,1H3,(H,19,20)/b15-11-. The third kappa shape index (κ3) is 2.74. The van der Waals surface area contributed by atoms with E-state index in [2.05, 4.69) is 10.6 Å². The average molecular weight is 280 g/mol. The summed E-state index contributed by atoms with van der Waals surface area (Å²) in [5.74, 6) is 0.745. The largest absolute Gasteiger partial charge is 0.494 e. The van der Waals surface area contributed by atoms with E-state index in [0.29, 0.717) is 12.2 Å². The average Bonchev–Trinajstić information content (AvgIpc) is 2.82. The third-order valence-corrected chi connectivity index (χ3v) is 3.26. The lowest BCUT2D eigenvalue weighted by molar-refractivity contribution is -0.110. The van der Waals surface area contributed by atoms with Gasteiger partial charge in [-0.2, -0.15) is 0 Å². The number of para-hydroxylation sites is 1. The molecule has 0 unspecified atom stereocenters. The SMILES string of the molecule is CCOc1ccc(N/C=C2\C(=O)Nc3ccccc32)cc1. The van der Waals surface area contributed by atoms with Gasteiger partial charge in [0.1, 0.15) is 5.75 Å². The second-order valence-corrected chi connectivity index (χ2v) is 4.66. The molecule has 106 valence electrons. The highest BCUT2D eigenvalue weighted by molar-refractivity contribution is 6.31. The molecule has 0 saturated heterocycles. The maximum absolute atomic E-state index is 12.0. The van der Waals surface area contributed by atoms with Crippen LogP contribution in [0.2, 0.25) is 0 Å². The molecule has 2 aromatic rings. The fourth-order valence-electron chi connectivity index (χ4n) is 2.25. The van der Waals surface area contributed by atoms with Gasteiger partial charge in [-0.25, -0.2) is 0 Å². The summed E-state index contributed by atoms with van der Waals surface area (Å²) in [5, 5.41) is 5.99. The number of ether oxygens (including phenoxy) is 1. The van der Waals surface area contributed by atoms with Crippen molar-refractivity contribution < 1.29 is 9.53 Å². The van der Waals surface area contributed by atoms with Crippen molar-refractivity contribution in [2.24, 2.45) is 0 Å². The molecule has 0 saturated carbocycles. The van der Waals surface area contributed by atoms with E-state index in [-0.39, 0.29) is 5.91 Å². The Hall–Kier alpha value is -2.75. The van der Waals surface area contributed by atoms with Gasteiger partial charge in [0, 0.05) is 23.1 Å². The lowest BCUT2D eigenvalue weighted by atomic mass is 10.1. The summed E-state index contributed by atoms with van der Waals surface area (Å²) < 4.78 is 5.40. The van der Waals surface area contributed by atoms with E-state index < -0.39 is 0 Å². The minimum absolute atomic E-state index is 0.0883. The van der Waals surface area contributed by atoms with Gasteiger partial charge in [-0.3, -0.25) is 4.79 Å². The zero-order chi connectivity index (χ0) is 14.7. The van der Waals surface area contributed by atoms with Gasteiger partial charge < -0.3 is 15.4 Å². The maximum atomic E-state index is 12.0. The van der Waals surface area contributed by atoms with Crippen LogP contribution in [0.25, 0.3) is 5.57 Å². The Balaban J connectivity index is 1.78. The van der Waals surface area contributed by atoms with Crippen molar-refractivity contribution in [2.75, 3.05) is 17.2 Å². The van der Waals surface area contributed by atoms with Gasteiger partial charge in [0.05, 0.1) is 12.2 Å². The molecule has 1 amide bonds. The molecule has 0 fully saturated rings. The number of hydrogen-bond donors (Lipinski definition) is 2. The Morgan fingerprint density at radius 1 is 1.14 bits per heavy atom. The van der Waals surface area contributed by atoms with Gasteiger partial charge in [-0.15, -0.1) is 0 Å². The highest BCUT2D eigenvalue weighted by Gasteiger charge is 2.23. The van der Waals surface area contributed by atoms with Gasteiger partial charge in [-0.1, -0.05) is 18.2 Å². The number of hydrogen-bond acceptors (Lipinski definition) is 3. The number of fused-ring (bicyclic) bond motifs is 1. The Kier molecular flexibility index (Phi) is 3.60. The highest BCUT2D eigenvalue weighted by atomic mass is 16.5. The van der Waals surface area contributed by atoms with Crippen molar-refractivity contribution in [1.82, 2.24) is 0 Å². The summed E-state index contributed by atoms with van der Waals surface area (Å²) in [7, 11) is 0. The first-order chi connectivity index (χ1) is 10.3. The molecule has 0 bridgehead atoms. The van der Waals surface area contributed by atoms with E-state index in [1.54, 1.807) is 6.20 Å². The number of nitrogens with one attached hydrogen (secondary N) is 2. The second kappa shape index (κ2) is 5.71. The van der Waals surface area contributed by atoms with Gasteiger partial charge >= 0.3 is 0 Å². The van der Waals surface area contributed by atoms with Crippen LogP contribution in [0.5, 0.6) is 5.75 Å². The smallest absolute Gasteiger partial charge is 0.257 e. The highest BCUT2D eigenvalue weighted by Crippen LogP contribution is 2.31. The van der Waals surface area contributed by atoms with E-state index in [1.165, 1.54) is 0 Å². The minimum Gasteiger partial charge on any atom is -0.494 e. The Morgan fingerprint density at radius 3 is 2.67 bits per heavy atom. The monoisotopic (exact) mass is 280 g/mol. The molecule has 1 heterocycles. The lowest BCUT2D eigenvalue weighted by Crippen LogP contribution is -2.05. The molecular weight excluding hydrogens is 264 g/mol. The number of rotatable bonds is 4. The molecular formula is C17H16N2O2. The fourth-order valence-corrected chi connectivity index (χ4v) is 2.25. The summed E-state index contributed by atoms with van der Waals surface area (Å²) in [4.78, 5) is 12.0. The van der Waals surface area contributed by atoms with E-state index in [0.717, 1.165) is 22.7 Å². The Bertz CT molecular complexity index is 690. The predicted molar refractivity (Wildman–Crippen MR) is 84.3 cm³/mol. The first kappa shape index (κ1) is 13.2. The van der Waals surface area contributed by atoms with E-state index >= 15 is 0 Å². The van der Waals surface area contributed by atoms with Gasteiger partial charge in [-0.05, 0) is 37.3 Å². The summed E-state index contributed by atoms with van der Waals surface area (Å²) in [6.07, 6.45) is 1.73. The van der Waals surface area contributed by atoms with Crippen LogP contribution in [-0.4, -0.2) is 12.5 Å². The molecule has 3 rings (SSSR count). The number of anilines is 2. The number of carbonyl (C=O) groups excluding carboxylic acids is 1. The van der Waals surface area contributed by atoms with Crippen LogP contribution in [0.1, 0.15) is 12.5 Å². The normalized spacial score (nSPS) is 14.7. The third-order valence-electron chi connectivity index (χ3n) is 3.26. The van der Waals surface area contributed by atoms with E-state index in [9.17, 15) is 4.79 Å². The molecule has 4 nitrogen and oxygen atoms in total. The summed E-state index contributed by atoms with van der Waals surface area (Å²) >= 11 is 0. The summed E-state index contributed by atoms with van der Waals surface area (Å²) in [6, 6.07) is 15.3. The van der Waals surface area contributed by atoms with Crippen LogP contribution in [-0.2, 0) is 4.79 Å². The lowest BCUT2D eigenvalue weighted by Gasteiger charge is -2.05. The van der Waals surface area contributed by atoms with Crippen LogP contribution in [0, 0.1) is 0 Å². The number of benzene rings is 2. The van der Waals surface area contributed by atoms with Crippen LogP contribution in [0.15, 0.2) is 54.7 Å². The predicted octanol–water partition coefficient (Wildman–Crippen LogP) is 3.49. The zero-order valence-corrected chi connectivity index (χ0v) is 11.7. The zero-order valence-electron chi connectivity index (χ0n) is 11.7. The minimum atomic E-state index is -0.0883. The van der Waals surface area contributed by atoms with Crippen molar-refractivity contribution in [2.45, 2.75) is 6.92 Å². The Labute approximate surface area is 123 Å². The first-order valence-corrected chi connectivity index (χ1v) is 6.88. The number of amides is 1. The molecule has 21 heavy (non-hydrogen) atoms. The van der Waals surface area contributed by atoms with Gasteiger partial charge in [0.15, 0.2) is 0 Å². The quantitative estimate of drug-likeness (QED) is 0.843. The molecule has 2 aromatic carbocycles. The molecule has 1 aliphatic heterocycles. The van der Waals surface area contributed by atoms with E-state index in [1.807, 2.05) is 55.5 Å². The fraction of sp³-hybridized carbons (Fsp3) is 0.118. The number of carbonyl (C=O) groups is 1. The van der Waals surface area contributed by atoms with Crippen molar-refractivity contribution in [1.29, 1.82) is 0 Å². The van der Waals surface area contributed by atoms with Crippen LogP contribution in [0.3, 0.4) is 0 Å². The molecule has 1 aliphatic rings. The second-order valence-electron chi connectivity index (χ2n) is 4.66. The van der Waals surface area contributed by atoms with E-state index in [4.69, 9.17) is 4.74 Å². The molecule has 4 heteroatoms. The molecule has 0 spiro atoms. The Morgan fingerprint density at radius 2 is 1.90 bits per heavy atom. The van der Waals surface area contributed by atoms with Gasteiger partial charge in [0.25, 0.3) is 5.91 Å². The van der Waals surface area contributed by atoms with Crippen LogP contribution in [0.4, 0.5) is 11.4 Å². The van der Waals surface area contributed by atoms with Crippen LogP contribution < -0.4 is 15.4 Å². The molecule has 2 N–H and O–H groups in total. The van der Waals surface area contributed by atoms with Crippen LogP contribution >= 0.6 is 0 Å². The molecule has 0 radical (unpaired) electrons. The van der Waals surface area contributed by atoms with Crippen molar-refractivity contribution in [3.05, 3.63) is 60.3 Å². The van der Waals surface area contributed by atoms with Crippen molar-refractivity contribution >= 4 is 22.9 Å². The topological polar surface area (TPSA) is 50.4 Å². The summed E-state index contributed by atoms with van der Waals surface area (Å²) in [6.45, 7) is 2.60. The first-order valence-electron chi connectivity index (χ1n) is 6.88. The maximum Gasteiger partial charge on any atom is 0.257 e. The van der Waals surface area contributed by atoms with Crippen molar-refractivity contribution in [3.8, 4) is 5.75 Å². The summed E-state index contributed by atoms with van der Waals surface area (Å²) in [5.41, 5.74) is 3.31. The van der Waals surface area contributed by atoms with Crippen molar-refractivity contribution in [3.63, 3.8) is 0 Å².